The van der Waals surface area contributed by atoms with Crippen LogP contribution in [-0.4, -0.2) is 13.2 Å². The van der Waals surface area contributed by atoms with Gasteiger partial charge in [0.25, 0.3) is 0 Å². The zero-order chi connectivity index (χ0) is 13.7. The van der Waals surface area contributed by atoms with Crippen LogP contribution in [0.5, 0.6) is 5.75 Å². The molecular weight excluding hydrogens is 241 g/mol. The third-order valence-electron chi connectivity index (χ3n) is 3.62. The van der Waals surface area contributed by atoms with Crippen molar-refractivity contribution in [2.45, 2.75) is 44.6 Å². The summed E-state index contributed by atoms with van der Waals surface area (Å²) in [5, 5.41) is 0. The largest absolute Gasteiger partial charge is 0.494 e. The van der Waals surface area contributed by atoms with Gasteiger partial charge in [0.1, 0.15) is 0 Å². The van der Waals surface area contributed by atoms with Crippen LogP contribution in [0.1, 0.15) is 37.7 Å². The van der Waals surface area contributed by atoms with E-state index >= 15 is 0 Å². The third kappa shape index (κ3) is 4.06. The maximum Gasteiger partial charge on any atom is 0.165 e. The molecular formula is C16H22FNO. The second kappa shape index (κ2) is 6.71. The van der Waals surface area contributed by atoms with Crippen LogP contribution in [0.2, 0.25) is 0 Å². The number of methoxy groups -OCH3 is 1. The molecule has 2 nitrogen and oxygen atoms in total. The van der Waals surface area contributed by atoms with E-state index in [4.69, 9.17) is 10.5 Å². The molecule has 0 amide bonds. The van der Waals surface area contributed by atoms with Crippen molar-refractivity contribution in [3.63, 3.8) is 0 Å². The zero-order valence-corrected chi connectivity index (χ0v) is 11.5. The van der Waals surface area contributed by atoms with Gasteiger partial charge in [-0.1, -0.05) is 17.7 Å². The monoisotopic (exact) mass is 263 g/mol. The van der Waals surface area contributed by atoms with Crippen LogP contribution in [-0.2, 0) is 6.42 Å². The summed E-state index contributed by atoms with van der Waals surface area (Å²) in [6.45, 7) is 0. The van der Waals surface area contributed by atoms with E-state index in [2.05, 4.69) is 6.08 Å². The molecule has 1 atom stereocenters. The number of allylic oxidation sites excluding steroid dienone is 1. The molecule has 1 aromatic rings. The molecule has 104 valence electrons. The lowest BCUT2D eigenvalue weighted by Gasteiger charge is -2.17. The Morgan fingerprint density at radius 1 is 1.32 bits per heavy atom. The van der Waals surface area contributed by atoms with Gasteiger partial charge in [-0.15, -0.1) is 0 Å². The molecule has 2 N–H and O–H groups in total. The summed E-state index contributed by atoms with van der Waals surface area (Å²) in [5.74, 6) is -0.0311. The average molecular weight is 263 g/mol. The Balaban J connectivity index is 1.92. The van der Waals surface area contributed by atoms with Crippen molar-refractivity contribution >= 4 is 0 Å². The molecule has 0 saturated heterocycles. The van der Waals surface area contributed by atoms with E-state index in [0.29, 0.717) is 6.42 Å². The Hall–Kier alpha value is -1.35. The van der Waals surface area contributed by atoms with Crippen molar-refractivity contribution in [1.29, 1.82) is 0 Å². The van der Waals surface area contributed by atoms with Gasteiger partial charge in [-0.25, -0.2) is 4.39 Å². The Labute approximate surface area is 114 Å². The molecule has 0 spiro atoms. The highest BCUT2D eigenvalue weighted by Crippen LogP contribution is 2.23. The number of benzene rings is 1. The fraction of sp³-hybridized carbons (Fsp3) is 0.500. The smallest absolute Gasteiger partial charge is 0.165 e. The van der Waals surface area contributed by atoms with E-state index in [9.17, 15) is 4.39 Å². The first-order valence-electron chi connectivity index (χ1n) is 6.95. The highest BCUT2D eigenvalue weighted by molar-refractivity contribution is 5.29. The molecule has 1 aliphatic rings. The maximum absolute atomic E-state index is 13.6. The van der Waals surface area contributed by atoms with Crippen LogP contribution in [0.3, 0.4) is 0 Å². The minimum Gasteiger partial charge on any atom is -0.494 e. The molecule has 0 radical (unpaired) electrons. The number of nitrogens with two attached hydrogens (primary N) is 1. The van der Waals surface area contributed by atoms with Gasteiger partial charge in [-0.2, -0.15) is 0 Å². The number of ether oxygens (including phenoxy) is 1. The zero-order valence-electron chi connectivity index (χ0n) is 11.5. The minimum atomic E-state index is -0.316. The molecule has 0 fully saturated rings. The van der Waals surface area contributed by atoms with Crippen LogP contribution >= 0.6 is 0 Å². The van der Waals surface area contributed by atoms with Gasteiger partial charge in [0.05, 0.1) is 7.11 Å². The van der Waals surface area contributed by atoms with Crippen LogP contribution in [0.15, 0.2) is 29.8 Å². The summed E-state index contributed by atoms with van der Waals surface area (Å²) in [5.41, 5.74) is 8.56. The van der Waals surface area contributed by atoms with Crippen LogP contribution in [0, 0.1) is 5.82 Å². The highest BCUT2D eigenvalue weighted by atomic mass is 19.1. The van der Waals surface area contributed by atoms with E-state index in [1.165, 1.54) is 44.4 Å². The van der Waals surface area contributed by atoms with Crippen LogP contribution in [0.4, 0.5) is 4.39 Å². The van der Waals surface area contributed by atoms with Crippen molar-refractivity contribution in [2.24, 2.45) is 5.73 Å². The van der Waals surface area contributed by atoms with Crippen molar-refractivity contribution < 1.29 is 9.13 Å². The fourth-order valence-corrected chi connectivity index (χ4v) is 2.64. The highest BCUT2D eigenvalue weighted by Gasteiger charge is 2.11. The summed E-state index contributed by atoms with van der Waals surface area (Å²) in [7, 11) is 1.47. The second-order valence-electron chi connectivity index (χ2n) is 5.25. The molecule has 0 saturated carbocycles. The summed E-state index contributed by atoms with van der Waals surface area (Å²) in [4.78, 5) is 0. The van der Waals surface area contributed by atoms with Gasteiger partial charge < -0.3 is 10.5 Å². The summed E-state index contributed by atoms with van der Waals surface area (Å²) < 4.78 is 18.5. The minimum absolute atomic E-state index is 0.0668. The predicted octanol–water partition coefficient (Wildman–Crippen LogP) is 3.59. The lowest BCUT2D eigenvalue weighted by molar-refractivity contribution is 0.386. The van der Waals surface area contributed by atoms with Gasteiger partial charge in [0.15, 0.2) is 11.6 Å². The Morgan fingerprint density at radius 2 is 2.16 bits per heavy atom. The summed E-state index contributed by atoms with van der Waals surface area (Å²) in [6, 6.07) is 5.14. The first-order valence-corrected chi connectivity index (χ1v) is 6.95. The molecule has 2 rings (SSSR count). The molecule has 0 aromatic heterocycles. The lowest BCUT2D eigenvalue weighted by Crippen LogP contribution is -2.23. The third-order valence-corrected chi connectivity index (χ3v) is 3.62. The lowest BCUT2D eigenvalue weighted by atomic mass is 9.92. The van der Waals surface area contributed by atoms with Crippen molar-refractivity contribution in [1.82, 2.24) is 0 Å². The van der Waals surface area contributed by atoms with Gasteiger partial charge in [0, 0.05) is 6.04 Å². The quantitative estimate of drug-likeness (QED) is 0.824. The average Bonchev–Trinajstić information content (AvgIpc) is 2.40. The summed E-state index contributed by atoms with van der Waals surface area (Å²) in [6.07, 6.45) is 8.87. The molecule has 0 aliphatic heterocycles. The van der Waals surface area contributed by atoms with Gasteiger partial charge >= 0.3 is 0 Å². The predicted molar refractivity (Wildman–Crippen MR) is 75.8 cm³/mol. The van der Waals surface area contributed by atoms with Crippen molar-refractivity contribution in [3.8, 4) is 5.75 Å². The van der Waals surface area contributed by atoms with E-state index in [0.717, 1.165) is 12.0 Å². The second-order valence-corrected chi connectivity index (χ2v) is 5.25. The number of rotatable bonds is 5. The molecule has 19 heavy (non-hydrogen) atoms. The van der Waals surface area contributed by atoms with Gasteiger partial charge in [-0.05, 0) is 56.2 Å². The first-order chi connectivity index (χ1) is 9.19. The van der Waals surface area contributed by atoms with E-state index in [1.807, 2.05) is 6.07 Å². The molecule has 1 aromatic carbocycles. The van der Waals surface area contributed by atoms with E-state index < -0.39 is 0 Å². The number of halogens is 1. The molecule has 1 unspecified atom stereocenters. The SMILES string of the molecule is COc1ccc(CC(N)CC2=CCCCC2)cc1F. The van der Waals surface area contributed by atoms with Gasteiger partial charge in [-0.3, -0.25) is 0 Å². The Morgan fingerprint density at radius 3 is 2.79 bits per heavy atom. The molecule has 0 heterocycles. The number of hydrogen-bond donors (Lipinski definition) is 1. The van der Waals surface area contributed by atoms with E-state index in [1.54, 1.807) is 6.07 Å². The summed E-state index contributed by atoms with van der Waals surface area (Å²) >= 11 is 0. The normalized spacial score (nSPS) is 16.9. The topological polar surface area (TPSA) is 35.2 Å². The standard InChI is InChI=1S/C16H22FNO/c1-19-16-8-7-13(11-15(16)17)10-14(18)9-12-5-3-2-4-6-12/h5,7-8,11,14H,2-4,6,9-10,18H2,1H3. The fourth-order valence-electron chi connectivity index (χ4n) is 2.64. The van der Waals surface area contributed by atoms with Crippen LogP contribution in [0.25, 0.3) is 0 Å². The Kier molecular flexibility index (Phi) is 4.97. The van der Waals surface area contributed by atoms with Crippen LogP contribution < -0.4 is 10.5 Å². The molecule has 0 bridgehead atoms. The Bertz CT molecular complexity index is 456. The molecule has 3 heteroatoms. The molecule has 1 aliphatic carbocycles. The van der Waals surface area contributed by atoms with Crippen molar-refractivity contribution in [2.75, 3.05) is 7.11 Å². The van der Waals surface area contributed by atoms with Gasteiger partial charge in [0.2, 0.25) is 0 Å². The van der Waals surface area contributed by atoms with E-state index in [-0.39, 0.29) is 17.6 Å². The number of hydrogen-bond acceptors (Lipinski definition) is 2. The maximum atomic E-state index is 13.6. The first kappa shape index (κ1) is 14.1. The van der Waals surface area contributed by atoms with Crippen molar-refractivity contribution in [3.05, 3.63) is 41.2 Å².